The number of benzene rings is 2. The molecule has 0 aromatic heterocycles. The zero-order valence-electron chi connectivity index (χ0n) is 22.0. The molecule has 9 heteroatoms. The van der Waals surface area contributed by atoms with Crippen molar-refractivity contribution in [3.05, 3.63) is 64.2 Å². The molecule has 210 valence electrons. The molecule has 0 fully saturated rings. The van der Waals surface area contributed by atoms with Crippen LogP contribution >= 0.6 is 0 Å². The molecular weight excluding hydrogens is 510 g/mol. The van der Waals surface area contributed by atoms with Gasteiger partial charge in [0.25, 0.3) is 0 Å². The van der Waals surface area contributed by atoms with E-state index in [-0.39, 0.29) is 12.2 Å². The first-order valence-electron chi connectivity index (χ1n) is 12.5. The minimum Gasteiger partial charge on any atom is -0.493 e. The highest BCUT2D eigenvalue weighted by atomic mass is 19.4. The molecule has 0 atom stereocenters. The van der Waals surface area contributed by atoms with Gasteiger partial charge in [-0.2, -0.15) is 26.3 Å². The predicted octanol–water partition coefficient (Wildman–Crippen LogP) is 7.16. The Labute approximate surface area is 219 Å². The van der Waals surface area contributed by atoms with Gasteiger partial charge in [0, 0.05) is 17.6 Å². The van der Waals surface area contributed by atoms with Gasteiger partial charge in [-0.3, -0.25) is 0 Å². The molecule has 0 radical (unpaired) electrons. The Morgan fingerprint density at radius 2 is 1.34 bits per heavy atom. The maximum atomic E-state index is 13.0. The second kappa shape index (κ2) is 12.4. The molecule has 2 rings (SSSR count). The molecule has 0 heterocycles. The summed E-state index contributed by atoms with van der Waals surface area (Å²) < 4.78 is 83.8. The van der Waals surface area contributed by atoms with E-state index in [0.717, 1.165) is 47.6 Å². The molecular formula is C29H34F6O3. The number of rotatable bonds is 10. The highest BCUT2D eigenvalue weighted by Gasteiger charge is 2.70. The van der Waals surface area contributed by atoms with Gasteiger partial charge in [0.2, 0.25) is 0 Å². The molecule has 0 aliphatic rings. The van der Waals surface area contributed by atoms with Gasteiger partial charge >= 0.3 is 18.0 Å². The smallest absolute Gasteiger partial charge is 0.438 e. The first-order valence-corrected chi connectivity index (χ1v) is 12.5. The molecule has 2 aromatic carbocycles. The van der Waals surface area contributed by atoms with Gasteiger partial charge in [0.05, 0.1) is 6.61 Å². The quantitative estimate of drug-likeness (QED) is 0.190. The average Bonchev–Trinajstić information content (AvgIpc) is 2.84. The fourth-order valence-electron chi connectivity index (χ4n) is 4.48. The van der Waals surface area contributed by atoms with Crippen LogP contribution in [-0.2, 0) is 5.41 Å². The Hall–Kier alpha value is -2.70. The summed E-state index contributed by atoms with van der Waals surface area (Å²) in [5.41, 5.74) is -2.43. The van der Waals surface area contributed by atoms with Crippen LogP contribution in [0, 0.1) is 25.7 Å². The van der Waals surface area contributed by atoms with Crippen LogP contribution in [0.3, 0.4) is 0 Å². The van der Waals surface area contributed by atoms with Crippen molar-refractivity contribution in [2.24, 2.45) is 0 Å². The third-order valence-corrected chi connectivity index (χ3v) is 6.97. The molecule has 38 heavy (non-hydrogen) atoms. The van der Waals surface area contributed by atoms with Gasteiger partial charge in [-0.05, 0) is 86.3 Å². The van der Waals surface area contributed by atoms with Crippen molar-refractivity contribution in [2.45, 2.75) is 83.2 Å². The molecule has 0 saturated heterocycles. The van der Waals surface area contributed by atoms with Gasteiger partial charge in [0.15, 0.2) is 0 Å². The number of aryl methyl sites for hydroxylation is 2. The summed E-state index contributed by atoms with van der Waals surface area (Å²) in [5.74, 6) is 3.67. The number of alkyl halides is 6. The summed E-state index contributed by atoms with van der Waals surface area (Å²) in [7, 11) is 0. The largest absolute Gasteiger partial charge is 0.493 e. The number of hydrogen-bond donors (Lipinski definition) is 2. The Balaban J connectivity index is 2.42. The van der Waals surface area contributed by atoms with E-state index in [4.69, 9.17) is 9.84 Å². The molecule has 3 nitrogen and oxygen atoms in total. The van der Waals surface area contributed by atoms with Crippen molar-refractivity contribution in [1.29, 1.82) is 0 Å². The van der Waals surface area contributed by atoms with Crippen LogP contribution in [0.25, 0.3) is 0 Å². The molecule has 0 spiro atoms. The van der Waals surface area contributed by atoms with Gasteiger partial charge in [-0.15, -0.1) is 0 Å². The van der Waals surface area contributed by atoms with Crippen molar-refractivity contribution in [3.63, 3.8) is 0 Å². The maximum absolute atomic E-state index is 13.0. The molecule has 0 amide bonds. The SMILES string of the molecule is CCC(CC)(c1ccc(C#CC(O)(C(F)(F)F)C(F)(F)F)c(C)c1)c1ccc(OCCCCCO)c(C)c1. The first-order chi connectivity index (χ1) is 17.7. The van der Waals surface area contributed by atoms with E-state index in [9.17, 15) is 31.4 Å². The van der Waals surface area contributed by atoms with Crippen LogP contribution in [0.1, 0.15) is 73.8 Å². The predicted molar refractivity (Wildman–Crippen MR) is 134 cm³/mol. The zero-order valence-corrected chi connectivity index (χ0v) is 22.0. The van der Waals surface area contributed by atoms with Crippen LogP contribution in [0.5, 0.6) is 5.75 Å². The number of halogens is 6. The minimum atomic E-state index is -6.00. The fraction of sp³-hybridized carbons (Fsp3) is 0.517. The Morgan fingerprint density at radius 3 is 1.82 bits per heavy atom. The lowest BCUT2D eigenvalue weighted by Gasteiger charge is -2.34. The normalized spacial score (nSPS) is 12.7. The molecule has 2 N–H and O–H groups in total. The summed E-state index contributed by atoms with van der Waals surface area (Å²) in [6.45, 7) is 8.21. The number of aliphatic hydroxyl groups is 2. The van der Waals surface area contributed by atoms with Crippen LogP contribution in [0.4, 0.5) is 26.3 Å². The molecule has 0 unspecified atom stereocenters. The summed E-state index contributed by atoms with van der Waals surface area (Å²) in [5, 5.41) is 18.2. The van der Waals surface area contributed by atoms with Crippen LogP contribution < -0.4 is 4.74 Å². The Morgan fingerprint density at radius 1 is 0.789 bits per heavy atom. The molecule has 0 bridgehead atoms. The zero-order chi connectivity index (χ0) is 28.8. The lowest BCUT2D eigenvalue weighted by atomic mass is 9.70. The van der Waals surface area contributed by atoms with E-state index in [1.807, 2.05) is 44.9 Å². The lowest BCUT2D eigenvalue weighted by Crippen LogP contribution is -2.55. The third kappa shape index (κ3) is 6.65. The van der Waals surface area contributed by atoms with Crippen LogP contribution in [0.2, 0.25) is 0 Å². The summed E-state index contributed by atoms with van der Waals surface area (Å²) in [4.78, 5) is 0. The number of unbranched alkanes of at least 4 members (excludes halogenated alkanes) is 2. The first kappa shape index (κ1) is 31.5. The standard InChI is InChI=1S/C29H34F6O3/c1-5-26(6-2,24-12-13-25(21(4)19-24)38-17-9-7-8-16-36)23-11-10-22(20(3)18-23)14-15-27(37,28(30,31)32)29(33,34)35/h10-13,18-19,36-37H,5-9,16-17H2,1-4H3. The van der Waals surface area contributed by atoms with Crippen LogP contribution in [0.15, 0.2) is 36.4 Å². The summed E-state index contributed by atoms with van der Waals surface area (Å²) >= 11 is 0. The summed E-state index contributed by atoms with van der Waals surface area (Å²) in [6, 6.07) is 10.7. The highest BCUT2D eigenvalue weighted by Crippen LogP contribution is 2.43. The Bertz CT molecular complexity index is 1120. The average molecular weight is 545 g/mol. The number of hydrogen-bond acceptors (Lipinski definition) is 3. The second-order valence-electron chi connectivity index (χ2n) is 9.39. The van der Waals surface area contributed by atoms with Crippen molar-refractivity contribution < 1.29 is 41.3 Å². The molecule has 0 aliphatic heterocycles. The van der Waals surface area contributed by atoms with Gasteiger partial charge in [-0.1, -0.05) is 44.0 Å². The second-order valence-corrected chi connectivity index (χ2v) is 9.39. The van der Waals surface area contributed by atoms with E-state index >= 15 is 0 Å². The van der Waals surface area contributed by atoms with E-state index in [2.05, 4.69) is 0 Å². The number of ether oxygens (including phenoxy) is 1. The van der Waals surface area contributed by atoms with E-state index in [1.165, 1.54) is 6.07 Å². The minimum absolute atomic E-state index is 0.0390. The molecule has 2 aromatic rings. The molecule has 0 saturated carbocycles. The summed E-state index contributed by atoms with van der Waals surface area (Å²) in [6.07, 6.45) is -8.20. The van der Waals surface area contributed by atoms with Crippen molar-refractivity contribution in [2.75, 3.05) is 13.2 Å². The van der Waals surface area contributed by atoms with E-state index in [1.54, 1.807) is 19.1 Å². The molecule has 0 aliphatic carbocycles. The maximum Gasteiger partial charge on any atom is 0.438 e. The fourth-order valence-corrected chi connectivity index (χ4v) is 4.48. The third-order valence-electron chi connectivity index (χ3n) is 6.97. The topological polar surface area (TPSA) is 49.7 Å². The van der Waals surface area contributed by atoms with Gasteiger partial charge < -0.3 is 14.9 Å². The lowest BCUT2D eigenvalue weighted by molar-refractivity contribution is -0.343. The Kier molecular flexibility index (Phi) is 10.3. The van der Waals surface area contributed by atoms with Crippen molar-refractivity contribution in [3.8, 4) is 17.6 Å². The van der Waals surface area contributed by atoms with Gasteiger partial charge in [-0.25, -0.2) is 0 Å². The van der Waals surface area contributed by atoms with Crippen molar-refractivity contribution in [1.82, 2.24) is 0 Å². The van der Waals surface area contributed by atoms with Crippen LogP contribution in [-0.4, -0.2) is 41.4 Å². The van der Waals surface area contributed by atoms with Gasteiger partial charge in [0.1, 0.15) is 5.75 Å². The highest BCUT2D eigenvalue weighted by molar-refractivity contribution is 5.50. The van der Waals surface area contributed by atoms with E-state index < -0.39 is 23.4 Å². The monoisotopic (exact) mass is 544 g/mol. The van der Waals surface area contributed by atoms with Crippen molar-refractivity contribution >= 4 is 0 Å². The number of aliphatic hydroxyl groups excluding tert-OH is 1. The van der Waals surface area contributed by atoms with E-state index in [0.29, 0.717) is 25.0 Å².